The summed E-state index contributed by atoms with van der Waals surface area (Å²) < 4.78 is 33.8. The molecule has 0 bridgehead atoms. The van der Waals surface area contributed by atoms with E-state index in [1.807, 2.05) is 28.5 Å². The molecule has 1 fully saturated rings. The summed E-state index contributed by atoms with van der Waals surface area (Å²) in [5.41, 5.74) is 2.03. The molecule has 0 saturated carbocycles. The largest absolute Gasteiger partial charge is 0.494 e. The van der Waals surface area contributed by atoms with Crippen molar-refractivity contribution < 1.29 is 13.2 Å². The van der Waals surface area contributed by atoms with E-state index in [2.05, 4.69) is 23.3 Å². The van der Waals surface area contributed by atoms with E-state index >= 15 is 0 Å². The van der Waals surface area contributed by atoms with Crippen LogP contribution in [0.4, 0.5) is 17.5 Å². The third kappa shape index (κ3) is 6.39. The summed E-state index contributed by atoms with van der Waals surface area (Å²) in [5.74, 6) is 1.74. The van der Waals surface area contributed by atoms with E-state index in [4.69, 9.17) is 20.0 Å². The van der Waals surface area contributed by atoms with E-state index in [0.717, 1.165) is 23.5 Å². The van der Waals surface area contributed by atoms with E-state index in [0.29, 0.717) is 61.6 Å². The first-order valence-electron chi connectivity index (χ1n) is 13.0. The number of piperazine rings is 1. The van der Waals surface area contributed by atoms with Crippen LogP contribution in [-0.2, 0) is 10.0 Å². The van der Waals surface area contributed by atoms with Gasteiger partial charge in [0.25, 0.3) is 0 Å². The third-order valence-electron chi connectivity index (χ3n) is 6.40. The lowest BCUT2D eigenvalue weighted by atomic mass is 10.2. The highest BCUT2D eigenvalue weighted by atomic mass is 32.2. The zero-order valence-corrected chi connectivity index (χ0v) is 23.7. The van der Waals surface area contributed by atoms with Gasteiger partial charge in [0.05, 0.1) is 23.1 Å². The van der Waals surface area contributed by atoms with Crippen molar-refractivity contribution in [2.24, 2.45) is 0 Å². The molecule has 4 aromatic rings. The fourth-order valence-electron chi connectivity index (χ4n) is 4.20. The van der Waals surface area contributed by atoms with Gasteiger partial charge in [-0.15, -0.1) is 11.3 Å². The summed E-state index contributed by atoms with van der Waals surface area (Å²) in [4.78, 5) is 16.1. The smallest absolute Gasteiger partial charge is 0.243 e. The highest BCUT2D eigenvalue weighted by Gasteiger charge is 2.30. The number of benzene rings is 2. The Morgan fingerprint density at radius 3 is 2.45 bits per heavy atom. The van der Waals surface area contributed by atoms with Crippen molar-refractivity contribution in [1.82, 2.24) is 19.3 Å². The second kappa shape index (κ2) is 12.4. The van der Waals surface area contributed by atoms with Gasteiger partial charge in [-0.3, -0.25) is 0 Å². The first-order valence-corrected chi connectivity index (χ1v) is 15.3. The first kappa shape index (κ1) is 27.5. The van der Waals surface area contributed by atoms with Gasteiger partial charge in [0.15, 0.2) is 0 Å². The molecule has 1 aliphatic heterocycles. The number of rotatable bonds is 10. The molecular formula is C28H29N7O3S2. The van der Waals surface area contributed by atoms with Crippen molar-refractivity contribution in [3.63, 3.8) is 0 Å². The van der Waals surface area contributed by atoms with Gasteiger partial charge < -0.3 is 15.0 Å². The maximum Gasteiger partial charge on any atom is 0.243 e. The van der Waals surface area contributed by atoms with Crippen LogP contribution >= 0.6 is 11.3 Å². The second-order valence-electron chi connectivity index (χ2n) is 9.15. The SMILES string of the molecule is CCCCOc1ccc(S(=O)(=O)N2CCN(c3nc(Nc4ccc(C#N)cc4)cc(-c4nccs4)n3)CC2)cc1. The summed E-state index contributed by atoms with van der Waals surface area (Å²) in [6, 6.07) is 17.7. The quantitative estimate of drug-likeness (QED) is 0.263. The van der Waals surface area contributed by atoms with Crippen LogP contribution in [0, 0.1) is 11.3 Å². The molecule has 2 aromatic heterocycles. The molecule has 0 atom stereocenters. The van der Waals surface area contributed by atoms with Crippen LogP contribution in [0.3, 0.4) is 0 Å². The minimum Gasteiger partial charge on any atom is -0.494 e. The molecule has 1 aliphatic rings. The minimum absolute atomic E-state index is 0.250. The van der Waals surface area contributed by atoms with Crippen molar-refractivity contribution in [2.45, 2.75) is 24.7 Å². The Balaban J connectivity index is 1.30. The van der Waals surface area contributed by atoms with Crippen LogP contribution in [0.5, 0.6) is 5.75 Å². The highest BCUT2D eigenvalue weighted by Crippen LogP contribution is 2.28. The van der Waals surface area contributed by atoms with Gasteiger partial charge in [0, 0.05) is 49.5 Å². The predicted molar refractivity (Wildman–Crippen MR) is 155 cm³/mol. The van der Waals surface area contributed by atoms with Crippen LogP contribution < -0.4 is 15.0 Å². The first-order chi connectivity index (χ1) is 19.5. The maximum absolute atomic E-state index is 13.3. The molecule has 2 aromatic carbocycles. The molecule has 0 aliphatic carbocycles. The van der Waals surface area contributed by atoms with Crippen LogP contribution in [-0.4, -0.2) is 60.5 Å². The van der Waals surface area contributed by atoms with Crippen molar-refractivity contribution in [3.05, 3.63) is 71.7 Å². The van der Waals surface area contributed by atoms with Gasteiger partial charge in [-0.25, -0.2) is 18.4 Å². The van der Waals surface area contributed by atoms with Crippen LogP contribution in [0.1, 0.15) is 25.3 Å². The summed E-state index contributed by atoms with van der Waals surface area (Å²) in [6.45, 7) is 4.20. The summed E-state index contributed by atoms with van der Waals surface area (Å²) >= 11 is 1.48. The lowest BCUT2D eigenvalue weighted by molar-refractivity contribution is 0.309. The van der Waals surface area contributed by atoms with Crippen LogP contribution in [0.2, 0.25) is 0 Å². The number of sulfonamides is 1. The number of anilines is 3. The van der Waals surface area contributed by atoms with E-state index in [1.165, 1.54) is 15.6 Å². The highest BCUT2D eigenvalue weighted by molar-refractivity contribution is 7.89. The van der Waals surface area contributed by atoms with Crippen LogP contribution in [0.25, 0.3) is 10.7 Å². The van der Waals surface area contributed by atoms with E-state index < -0.39 is 10.0 Å². The fourth-order valence-corrected chi connectivity index (χ4v) is 6.22. The number of nitrogens with zero attached hydrogens (tertiary/aromatic N) is 6. The van der Waals surface area contributed by atoms with Crippen LogP contribution in [0.15, 0.2) is 71.1 Å². The fraction of sp³-hybridized carbons (Fsp3) is 0.286. The molecule has 206 valence electrons. The number of thiazole rings is 1. The molecule has 12 heteroatoms. The van der Waals surface area contributed by atoms with Crippen molar-refractivity contribution >= 4 is 38.8 Å². The lowest BCUT2D eigenvalue weighted by Gasteiger charge is -2.34. The van der Waals surface area contributed by atoms with E-state index in [-0.39, 0.29) is 4.90 Å². The normalized spacial score (nSPS) is 14.1. The molecular weight excluding hydrogens is 546 g/mol. The number of hydrogen-bond acceptors (Lipinski definition) is 10. The predicted octanol–water partition coefficient (Wildman–Crippen LogP) is 4.91. The standard InChI is InChI=1S/C28H29N7O3S2/c1-2-3-17-38-23-8-10-24(11-9-23)40(36,37)35-15-13-34(14-16-35)28-32-25(27-30-12-18-39-27)19-26(33-28)31-22-6-4-21(20-29)5-7-22/h4-12,18-19H,2-3,13-17H2,1H3,(H,31,32,33). The molecule has 0 unspecified atom stereocenters. The zero-order valence-electron chi connectivity index (χ0n) is 22.0. The molecule has 1 saturated heterocycles. The average molecular weight is 576 g/mol. The number of ether oxygens (including phenoxy) is 1. The molecule has 0 spiro atoms. The number of hydrogen-bond donors (Lipinski definition) is 1. The summed E-state index contributed by atoms with van der Waals surface area (Å²) in [6.07, 6.45) is 3.71. The van der Waals surface area contributed by atoms with Gasteiger partial charge in [0.2, 0.25) is 16.0 Å². The topological polar surface area (TPSA) is 124 Å². The molecule has 3 heterocycles. The van der Waals surface area contributed by atoms with Crippen molar-refractivity contribution in [2.75, 3.05) is 43.0 Å². The monoisotopic (exact) mass is 575 g/mol. The molecule has 0 amide bonds. The molecule has 10 nitrogen and oxygen atoms in total. The molecule has 5 rings (SSSR count). The zero-order chi connectivity index (χ0) is 28.0. The third-order valence-corrected chi connectivity index (χ3v) is 9.11. The number of aromatic nitrogens is 3. The average Bonchev–Trinajstić information content (AvgIpc) is 3.53. The Morgan fingerprint density at radius 2 is 1.80 bits per heavy atom. The molecule has 40 heavy (non-hydrogen) atoms. The summed E-state index contributed by atoms with van der Waals surface area (Å²) in [7, 11) is -3.64. The van der Waals surface area contributed by atoms with Gasteiger partial charge in [-0.2, -0.15) is 14.6 Å². The van der Waals surface area contributed by atoms with Gasteiger partial charge in [-0.05, 0) is 55.0 Å². The van der Waals surface area contributed by atoms with Gasteiger partial charge >= 0.3 is 0 Å². The van der Waals surface area contributed by atoms with E-state index in [9.17, 15) is 8.42 Å². The van der Waals surface area contributed by atoms with Crippen molar-refractivity contribution in [3.8, 4) is 22.5 Å². The van der Waals surface area contributed by atoms with Gasteiger partial charge in [0.1, 0.15) is 22.3 Å². The Morgan fingerprint density at radius 1 is 1.05 bits per heavy atom. The van der Waals surface area contributed by atoms with E-state index in [1.54, 1.807) is 42.6 Å². The minimum atomic E-state index is -3.64. The molecule has 1 N–H and O–H groups in total. The Labute approximate surface area is 238 Å². The number of unbranched alkanes of at least 4 members (excludes halogenated alkanes) is 1. The maximum atomic E-state index is 13.3. The lowest BCUT2D eigenvalue weighted by Crippen LogP contribution is -2.49. The molecule has 0 radical (unpaired) electrons. The van der Waals surface area contributed by atoms with Gasteiger partial charge in [-0.1, -0.05) is 13.3 Å². The Kier molecular flexibility index (Phi) is 8.54. The second-order valence-corrected chi connectivity index (χ2v) is 12.0. The Hall–Kier alpha value is -4.05. The summed E-state index contributed by atoms with van der Waals surface area (Å²) in [5, 5.41) is 15.0. The van der Waals surface area contributed by atoms with Crippen molar-refractivity contribution in [1.29, 1.82) is 5.26 Å². The number of nitriles is 1. The number of nitrogens with one attached hydrogen (secondary N) is 1. The Bertz CT molecular complexity index is 1560.